The molecule has 0 bridgehead atoms. The monoisotopic (exact) mass is 239 g/mol. The van der Waals surface area contributed by atoms with Gasteiger partial charge in [-0.2, -0.15) is 0 Å². The molecule has 0 spiro atoms. The summed E-state index contributed by atoms with van der Waals surface area (Å²) >= 11 is 0. The molecule has 96 valence electrons. The summed E-state index contributed by atoms with van der Waals surface area (Å²) < 4.78 is 5.58. The third kappa shape index (κ3) is 5.68. The quantitative estimate of drug-likeness (QED) is 0.655. The van der Waals surface area contributed by atoms with Gasteiger partial charge in [-0.3, -0.25) is 0 Å². The molecule has 4 nitrogen and oxygen atoms in total. The first kappa shape index (κ1) is 14.0. The van der Waals surface area contributed by atoms with E-state index >= 15 is 0 Å². The van der Waals surface area contributed by atoms with Gasteiger partial charge in [0.25, 0.3) is 0 Å². The SMILES string of the molecule is Cc1ccc(OCC(C)NCC(O)CO)cc1. The molecule has 0 aromatic heterocycles. The van der Waals surface area contributed by atoms with Gasteiger partial charge in [0.1, 0.15) is 12.4 Å². The van der Waals surface area contributed by atoms with E-state index in [0.717, 1.165) is 5.75 Å². The number of nitrogens with one attached hydrogen (secondary N) is 1. The molecule has 0 aliphatic carbocycles. The van der Waals surface area contributed by atoms with Crippen LogP contribution in [0.3, 0.4) is 0 Å². The Kier molecular flexibility index (Phi) is 5.97. The van der Waals surface area contributed by atoms with Crippen molar-refractivity contribution in [3.63, 3.8) is 0 Å². The van der Waals surface area contributed by atoms with Gasteiger partial charge in [0.2, 0.25) is 0 Å². The lowest BCUT2D eigenvalue weighted by Gasteiger charge is -2.16. The Balaban J connectivity index is 2.23. The minimum absolute atomic E-state index is 0.123. The van der Waals surface area contributed by atoms with Crippen molar-refractivity contribution >= 4 is 0 Å². The fourth-order valence-electron chi connectivity index (χ4n) is 1.32. The summed E-state index contributed by atoms with van der Waals surface area (Å²) in [5.74, 6) is 0.840. The van der Waals surface area contributed by atoms with Gasteiger partial charge in [0, 0.05) is 12.6 Å². The summed E-state index contributed by atoms with van der Waals surface area (Å²) in [7, 11) is 0. The van der Waals surface area contributed by atoms with Crippen LogP contribution in [-0.4, -0.2) is 42.1 Å². The zero-order valence-electron chi connectivity index (χ0n) is 10.4. The first-order chi connectivity index (χ1) is 8.11. The molecular weight excluding hydrogens is 218 g/mol. The number of aryl methyl sites for hydroxylation is 1. The molecular formula is C13H21NO3. The lowest BCUT2D eigenvalue weighted by atomic mass is 10.2. The summed E-state index contributed by atoms with van der Waals surface area (Å²) in [4.78, 5) is 0. The standard InChI is InChI=1S/C13H21NO3/c1-10-3-5-13(6-4-10)17-9-11(2)14-7-12(16)8-15/h3-6,11-12,14-16H,7-9H2,1-2H3. The molecule has 0 fully saturated rings. The number of rotatable bonds is 7. The van der Waals surface area contributed by atoms with E-state index in [1.54, 1.807) is 0 Å². The Morgan fingerprint density at radius 2 is 1.94 bits per heavy atom. The molecule has 3 N–H and O–H groups in total. The maximum Gasteiger partial charge on any atom is 0.119 e. The summed E-state index contributed by atoms with van der Waals surface area (Å²) in [6, 6.07) is 8.00. The molecule has 0 saturated heterocycles. The third-order valence-corrected chi connectivity index (χ3v) is 2.43. The van der Waals surface area contributed by atoms with Gasteiger partial charge in [-0.15, -0.1) is 0 Å². The van der Waals surface area contributed by atoms with Crippen molar-refractivity contribution in [1.29, 1.82) is 0 Å². The molecule has 0 saturated carbocycles. The number of ether oxygens (including phenoxy) is 1. The second-order valence-electron chi connectivity index (χ2n) is 4.27. The van der Waals surface area contributed by atoms with Crippen LogP contribution < -0.4 is 10.1 Å². The predicted octanol–water partition coefficient (Wildman–Crippen LogP) is 0.705. The van der Waals surface area contributed by atoms with Crippen molar-refractivity contribution in [2.45, 2.75) is 26.0 Å². The smallest absolute Gasteiger partial charge is 0.119 e. The zero-order chi connectivity index (χ0) is 12.7. The lowest BCUT2D eigenvalue weighted by molar-refractivity contribution is 0.0903. The van der Waals surface area contributed by atoms with Gasteiger partial charge >= 0.3 is 0 Å². The van der Waals surface area contributed by atoms with Crippen molar-refractivity contribution in [3.05, 3.63) is 29.8 Å². The second kappa shape index (κ2) is 7.27. The fourth-order valence-corrected chi connectivity index (χ4v) is 1.32. The van der Waals surface area contributed by atoms with Crippen LogP contribution in [0.5, 0.6) is 5.75 Å². The molecule has 2 unspecified atom stereocenters. The number of hydrogen-bond acceptors (Lipinski definition) is 4. The summed E-state index contributed by atoms with van der Waals surface area (Å²) in [5, 5.41) is 20.9. The molecule has 0 radical (unpaired) electrons. The van der Waals surface area contributed by atoms with Crippen LogP contribution >= 0.6 is 0 Å². The van der Waals surface area contributed by atoms with Gasteiger partial charge in [-0.1, -0.05) is 17.7 Å². The fraction of sp³-hybridized carbons (Fsp3) is 0.538. The summed E-state index contributed by atoms with van der Waals surface area (Å²) in [6.07, 6.45) is -0.711. The Morgan fingerprint density at radius 1 is 1.29 bits per heavy atom. The van der Waals surface area contributed by atoms with E-state index in [4.69, 9.17) is 14.9 Å². The van der Waals surface area contributed by atoms with Crippen LogP contribution in [0.2, 0.25) is 0 Å². The van der Waals surface area contributed by atoms with Crippen molar-refractivity contribution in [2.75, 3.05) is 19.8 Å². The Labute approximate surface area is 102 Å². The topological polar surface area (TPSA) is 61.7 Å². The molecule has 0 aliphatic rings. The highest BCUT2D eigenvalue weighted by atomic mass is 16.5. The molecule has 4 heteroatoms. The first-order valence-electron chi connectivity index (χ1n) is 5.83. The van der Waals surface area contributed by atoms with E-state index in [9.17, 15) is 0 Å². The van der Waals surface area contributed by atoms with E-state index in [0.29, 0.717) is 13.2 Å². The molecule has 1 aromatic rings. The van der Waals surface area contributed by atoms with E-state index in [1.807, 2.05) is 38.1 Å². The predicted molar refractivity (Wildman–Crippen MR) is 67.2 cm³/mol. The van der Waals surface area contributed by atoms with Gasteiger partial charge in [0.05, 0.1) is 12.7 Å². The molecule has 0 aliphatic heterocycles. The number of benzene rings is 1. The lowest BCUT2D eigenvalue weighted by Crippen LogP contribution is -2.38. The Morgan fingerprint density at radius 3 is 2.53 bits per heavy atom. The number of aliphatic hydroxyl groups excluding tert-OH is 2. The van der Waals surface area contributed by atoms with Crippen LogP contribution in [0.25, 0.3) is 0 Å². The third-order valence-electron chi connectivity index (χ3n) is 2.43. The maximum atomic E-state index is 9.17. The second-order valence-corrected chi connectivity index (χ2v) is 4.27. The Hall–Kier alpha value is -1.10. The highest BCUT2D eigenvalue weighted by Crippen LogP contribution is 2.11. The van der Waals surface area contributed by atoms with E-state index in [2.05, 4.69) is 5.32 Å². The van der Waals surface area contributed by atoms with E-state index < -0.39 is 6.10 Å². The molecule has 2 atom stereocenters. The normalized spacial score (nSPS) is 14.4. The van der Waals surface area contributed by atoms with E-state index in [1.165, 1.54) is 5.56 Å². The zero-order valence-corrected chi connectivity index (χ0v) is 10.4. The average molecular weight is 239 g/mol. The van der Waals surface area contributed by atoms with Gasteiger partial charge in [-0.25, -0.2) is 0 Å². The van der Waals surface area contributed by atoms with Crippen LogP contribution in [0, 0.1) is 6.92 Å². The van der Waals surface area contributed by atoms with Gasteiger partial charge < -0.3 is 20.3 Å². The van der Waals surface area contributed by atoms with Crippen LogP contribution in [0.15, 0.2) is 24.3 Å². The van der Waals surface area contributed by atoms with E-state index in [-0.39, 0.29) is 12.6 Å². The van der Waals surface area contributed by atoms with Gasteiger partial charge in [-0.05, 0) is 26.0 Å². The number of aliphatic hydroxyl groups is 2. The summed E-state index contributed by atoms with van der Waals surface area (Å²) in [6.45, 7) is 4.68. The first-order valence-corrected chi connectivity index (χ1v) is 5.83. The van der Waals surface area contributed by atoms with Crippen LogP contribution in [0.4, 0.5) is 0 Å². The molecule has 17 heavy (non-hydrogen) atoms. The van der Waals surface area contributed by atoms with Crippen molar-refractivity contribution in [2.24, 2.45) is 0 Å². The highest BCUT2D eigenvalue weighted by molar-refractivity contribution is 5.26. The minimum atomic E-state index is -0.711. The number of hydrogen-bond donors (Lipinski definition) is 3. The molecule has 0 amide bonds. The molecule has 1 aromatic carbocycles. The average Bonchev–Trinajstić information content (AvgIpc) is 2.35. The molecule has 0 heterocycles. The Bertz CT molecular complexity index is 313. The van der Waals surface area contributed by atoms with Gasteiger partial charge in [0.15, 0.2) is 0 Å². The van der Waals surface area contributed by atoms with Crippen LogP contribution in [0.1, 0.15) is 12.5 Å². The summed E-state index contributed by atoms with van der Waals surface area (Å²) in [5.41, 5.74) is 1.20. The van der Waals surface area contributed by atoms with Crippen LogP contribution in [-0.2, 0) is 0 Å². The van der Waals surface area contributed by atoms with Crippen molar-refractivity contribution in [1.82, 2.24) is 5.32 Å². The molecule has 1 rings (SSSR count). The minimum Gasteiger partial charge on any atom is -0.492 e. The highest BCUT2D eigenvalue weighted by Gasteiger charge is 2.06. The largest absolute Gasteiger partial charge is 0.492 e. The van der Waals surface area contributed by atoms with Crippen molar-refractivity contribution in [3.8, 4) is 5.75 Å². The maximum absolute atomic E-state index is 9.17. The van der Waals surface area contributed by atoms with Crippen molar-refractivity contribution < 1.29 is 14.9 Å².